The summed E-state index contributed by atoms with van der Waals surface area (Å²) in [5.74, 6) is 0. The Labute approximate surface area is 80.7 Å². The lowest BCUT2D eigenvalue weighted by Crippen LogP contribution is -2.50. The highest BCUT2D eigenvalue weighted by atomic mass is 32.1. The van der Waals surface area contributed by atoms with Gasteiger partial charge in [-0.2, -0.15) is 0 Å². The first kappa shape index (κ1) is 11.6. The van der Waals surface area contributed by atoms with Crippen molar-refractivity contribution in [1.29, 1.82) is 0 Å². The van der Waals surface area contributed by atoms with Gasteiger partial charge in [-0.25, -0.2) is 5.01 Å². The Morgan fingerprint density at radius 2 is 1.58 bits per heavy atom. The van der Waals surface area contributed by atoms with Gasteiger partial charge in [-0.1, -0.05) is 0 Å². The second kappa shape index (κ2) is 4.05. The molecular weight excluding hydrogens is 170 g/mol. The molecule has 0 aromatic carbocycles. The van der Waals surface area contributed by atoms with Crippen molar-refractivity contribution in [2.24, 2.45) is 0 Å². The monoisotopic (exact) mass is 189 g/mol. The van der Waals surface area contributed by atoms with Crippen molar-refractivity contribution in [2.75, 3.05) is 21.1 Å². The maximum absolute atomic E-state index is 5.17. The van der Waals surface area contributed by atoms with E-state index in [9.17, 15) is 0 Å². The van der Waals surface area contributed by atoms with Crippen molar-refractivity contribution in [3.05, 3.63) is 0 Å². The third kappa shape index (κ3) is 4.51. The number of rotatable bonds is 1. The van der Waals surface area contributed by atoms with E-state index in [2.05, 4.69) is 26.1 Å². The van der Waals surface area contributed by atoms with Crippen molar-refractivity contribution in [3.8, 4) is 0 Å². The van der Waals surface area contributed by atoms with E-state index in [4.69, 9.17) is 12.2 Å². The van der Waals surface area contributed by atoms with E-state index in [1.165, 1.54) is 0 Å². The number of hydrogen-bond donors (Lipinski definition) is 1. The highest BCUT2D eigenvalue weighted by Gasteiger charge is 2.14. The molecule has 0 aromatic heterocycles. The fraction of sp³-hybridized carbons (Fsp3) is 0.875. The standard InChI is InChI=1S/C8H19N3S/c1-8(2,3)9-7(12)11(6)10(4)5/h1-6H3,(H,9,12). The summed E-state index contributed by atoms with van der Waals surface area (Å²) in [7, 11) is 5.84. The summed E-state index contributed by atoms with van der Waals surface area (Å²) in [5.41, 5.74) is 0.0291. The van der Waals surface area contributed by atoms with Gasteiger partial charge in [0.05, 0.1) is 0 Å². The molecule has 0 bridgehead atoms. The van der Waals surface area contributed by atoms with Gasteiger partial charge >= 0.3 is 0 Å². The molecule has 3 nitrogen and oxygen atoms in total. The van der Waals surface area contributed by atoms with Gasteiger partial charge in [0.2, 0.25) is 0 Å². The zero-order chi connectivity index (χ0) is 9.94. The quantitative estimate of drug-likeness (QED) is 0.491. The van der Waals surface area contributed by atoms with Crippen LogP contribution in [0.1, 0.15) is 20.8 Å². The smallest absolute Gasteiger partial charge is 0.183 e. The van der Waals surface area contributed by atoms with E-state index in [1.807, 2.05) is 31.2 Å². The van der Waals surface area contributed by atoms with Crippen molar-refractivity contribution >= 4 is 17.3 Å². The lowest BCUT2D eigenvalue weighted by Gasteiger charge is -2.31. The number of nitrogens with one attached hydrogen (secondary N) is 1. The van der Waals surface area contributed by atoms with E-state index in [0.29, 0.717) is 0 Å². The van der Waals surface area contributed by atoms with E-state index in [-0.39, 0.29) is 5.54 Å². The summed E-state index contributed by atoms with van der Waals surface area (Å²) in [5, 5.41) is 7.78. The topological polar surface area (TPSA) is 18.5 Å². The van der Waals surface area contributed by atoms with Gasteiger partial charge in [-0.15, -0.1) is 0 Å². The fourth-order valence-electron chi connectivity index (χ4n) is 0.583. The van der Waals surface area contributed by atoms with Crippen LogP contribution in [-0.4, -0.2) is 41.8 Å². The van der Waals surface area contributed by atoms with Gasteiger partial charge in [0, 0.05) is 26.7 Å². The Morgan fingerprint density at radius 3 is 1.83 bits per heavy atom. The van der Waals surface area contributed by atoms with Crippen LogP contribution in [0.5, 0.6) is 0 Å². The number of hydrazine groups is 1. The Hall–Kier alpha value is -0.350. The Kier molecular flexibility index (Phi) is 3.93. The van der Waals surface area contributed by atoms with E-state index >= 15 is 0 Å². The molecule has 0 radical (unpaired) electrons. The molecule has 72 valence electrons. The molecule has 0 saturated heterocycles. The molecule has 0 unspecified atom stereocenters. The molecule has 0 fully saturated rings. The molecule has 0 rings (SSSR count). The molecule has 0 spiro atoms. The number of hydrogen-bond acceptors (Lipinski definition) is 2. The van der Waals surface area contributed by atoms with Crippen molar-refractivity contribution in [3.63, 3.8) is 0 Å². The molecule has 0 heterocycles. The average Bonchev–Trinajstić information content (AvgIpc) is 1.82. The summed E-state index contributed by atoms with van der Waals surface area (Å²) in [4.78, 5) is 0. The van der Waals surface area contributed by atoms with Crippen LogP contribution in [0.3, 0.4) is 0 Å². The molecule has 0 aliphatic heterocycles. The van der Waals surface area contributed by atoms with Crippen LogP contribution >= 0.6 is 12.2 Å². The predicted octanol–water partition coefficient (Wildman–Crippen LogP) is 1.07. The van der Waals surface area contributed by atoms with Crippen LogP contribution in [-0.2, 0) is 0 Å². The normalized spacial score (nSPS) is 11.6. The first-order chi connectivity index (χ1) is 5.24. The molecule has 1 N–H and O–H groups in total. The SMILES string of the molecule is CN(C)N(C)C(=S)NC(C)(C)C. The minimum atomic E-state index is 0.0291. The minimum absolute atomic E-state index is 0.0291. The second-order valence-electron chi connectivity index (χ2n) is 4.05. The summed E-state index contributed by atoms with van der Waals surface area (Å²) in [6.07, 6.45) is 0. The summed E-state index contributed by atoms with van der Waals surface area (Å²) < 4.78 is 0. The van der Waals surface area contributed by atoms with Crippen LogP contribution in [0.15, 0.2) is 0 Å². The highest BCUT2D eigenvalue weighted by Crippen LogP contribution is 2.00. The van der Waals surface area contributed by atoms with E-state index in [1.54, 1.807) is 0 Å². The van der Waals surface area contributed by atoms with Crippen molar-refractivity contribution < 1.29 is 0 Å². The van der Waals surface area contributed by atoms with Crippen LogP contribution < -0.4 is 5.32 Å². The van der Waals surface area contributed by atoms with Gasteiger partial charge in [-0.05, 0) is 33.0 Å². The molecule has 12 heavy (non-hydrogen) atoms. The van der Waals surface area contributed by atoms with E-state index in [0.717, 1.165) is 5.11 Å². The predicted molar refractivity (Wildman–Crippen MR) is 56.9 cm³/mol. The maximum Gasteiger partial charge on any atom is 0.183 e. The first-order valence-electron chi connectivity index (χ1n) is 3.97. The number of thiocarbonyl (C=S) groups is 1. The van der Waals surface area contributed by atoms with Crippen molar-refractivity contribution in [2.45, 2.75) is 26.3 Å². The molecule has 0 amide bonds. The molecule has 0 atom stereocenters. The minimum Gasteiger partial charge on any atom is -0.357 e. The van der Waals surface area contributed by atoms with Gasteiger partial charge in [-0.3, -0.25) is 5.01 Å². The van der Waals surface area contributed by atoms with Crippen LogP contribution in [0.25, 0.3) is 0 Å². The third-order valence-corrected chi connectivity index (χ3v) is 1.74. The summed E-state index contributed by atoms with van der Waals surface area (Å²) in [6, 6.07) is 0. The van der Waals surface area contributed by atoms with Gasteiger partial charge in [0.25, 0.3) is 0 Å². The van der Waals surface area contributed by atoms with Crippen molar-refractivity contribution in [1.82, 2.24) is 15.3 Å². The Bertz CT molecular complexity index is 160. The lowest BCUT2D eigenvalue weighted by molar-refractivity contribution is 0.140. The van der Waals surface area contributed by atoms with Gasteiger partial charge in [0.1, 0.15) is 0 Å². The Morgan fingerprint density at radius 1 is 1.17 bits per heavy atom. The lowest BCUT2D eigenvalue weighted by atomic mass is 10.1. The van der Waals surface area contributed by atoms with Crippen LogP contribution in [0.4, 0.5) is 0 Å². The maximum atomic E-state index is 5.17. The molecule has 4 heteroatoms. The Balaban J connectivity index is 4.05. The molecule has 0 saturated carbocycles. The molecule has 0 aliphatic rings. The second-order valence-corrected chi connectivity index (χ2v) is 4.44. The average molecular weight is 189 g/mol. The summed E-state index contributed by atoms with van der Waals surface area (Å²) >= 11 is 5.17. The first-order valence-corrected chi connectivity index (χ1v) is 4.38. The molecular formula is C8H19N3S. The van der Waals surface area contributed by atoms with Gasteiger partial charge < -0.3 is 5.32 Å². The third-order valence-electron chi connectivity index (χ3n) is 1.38. The largest absolute Gasteiger partial charge is 0.357 e. The van der Waals surface area contributed by atoms with Gasteiger partial charge in [0.15, 0.2) is 5.11 Å². The molecule has 0 aliphatic carbocycles. The molecule has 0 aromatic rings. The van der Waals surface area contributed by atoms with Crippen LogP contribution in [0.2, 0.25) is 0 Å². The fourth-order valence-corrected chi connectivity index (χ4v) is 1.05. The summed E-state index contributed by atoms with van der Waals surface area (Å²) in [6.45, 7) is 6.26. The number of nitrogens with zero attached hydrogens (tertiary/aromatic N) is 2. The highest BCUT2D eigenvalue weighted by molar-refractivity contribution is 7.80. The van der Waals surface area contributed by atoms with E-state index < -0.39 is 0 Å². The zero-order valence-electron chi connectivity index (χ0n) is 8.80. The van der Waals surface area contributed by atoms with Crippen LogP contribution in [0, 0.1) is 0 Å². The zero-order valence-corrected chi connectivity index (χ0v) is 9.62.